The monoisotopic (exact) mass is 550 g/mol. The number of rotatable bonds is 10. The zero-order valence-corrected chi connectivity index (χ0v) is 22.6. The van der Waals surface area contributed by atoms with Gasteiger partial charge >= 0.3 is 0 Å². The molecule has 2 aromatic carbocycles. The minimum Gasteiger partial charge on any atom is -0.494 e. The number of halogens is 1. The summed E-state index contributed by atoms with van der Waals surface area (Å²) in [4.78, 5) is 35.4. The molecule has 206 valence electrons. The smallest absolute Gasteiger partial charge is 0.156 e. The fraction of sp³-hybridized carbons (Fsp3) is 0.219. The Morgan fingerprint density at radius 1 is 0.951 bits per heavy atom. The van der Waals surface area contributed by atoms with Crippen molar-refractivity contribution in [2.75, 3.05) is 7.11 Å². The maximum Gasteiger partial charge on any atom is 0.156 e. The van der Waals surface area contributed by atoms with Crippen LogP contribution in [-0.2, 0) is 29.5 Å². The third-order valence-corrected chi connectivity index (χ3v) is 7.45. The van der Waals surface area contributed by atoms with E-state index in [1.807, 2.05) is 31.4 Å². The normalized spacial score (nSPS) is 13.6. The number of benzene rings is 2. The lowest BCUT2D eigenvalue weighted by Crippen LogP contribution is -2.28. The van der Waals surface area contributed by atoms with Crippen LogP contribution < -0.4 is 9.47 Å². The van der Waals surface area contributed by atoms with Crippen LogP contribution in [0.4, 0.5) is 4.39 Å². The number of carbonyl (C=O) groups is 2. The van der Waals surface area contributed by atoms with Gasteiger partial charge in [0.25, 0.3) is 0 Å². The standard InChI is InChI=1S/C32H27FN4O4/c1-37-19-22(18-35-37)30-27(40-2)17-25-31(36-30)26(11-14-34-25)41-24-9-5-21(6-10-24)16-29(39)32(12-13-32)28(38)15-20-3-7-23(33)8-4-20/h3-11,14,17-19H,12-13,15-16H2,1-2H3. The first-order valence-electron chi connectivity index (χ1n) is 13.3. The number of aromatic nitrogens is 4. The maximum absolute atomic E-state index is 13.2. The van der Waals surface area contributed by atoms with Gasteiger partial charge in [0.05, 0.1) is 24.2 Å². The first kappa shape index (κ1) is 26.3. The van der Waals surface area contributed by atoms with Crippen molar-refractivity contribution in [1.82, 2.24) is 19.7 Å². The molecule has 0 atom stereocenters. The summed E-state index contributed by atoms with van der Waals surface area (Å²) in [6.07, 6.45) is 6.62. The van der Waals surface area contributed by atoms with Crippen molar-refractivity contribution in [2.45, 2.75) is 25.7 Å². The molecule has 5 aromatic rings. The van der Waals surface area contributed by atoms with Crippen LogP contribution in [0.15, 0.2) is 79.3 Å². The van der Waals surface area contributed by atoms with Crippen molar-refractivity contribution in [3.63, 3.8) is 0 Å². The molecule has 0 saturated heterocycles. The van der Waals surface area contributed by atoms with Gasteiger partial charge in [-0.15, -0.1) is 0 Å². The van der Waals surface area contributed by atoms with Crippen LogP contribution in [0, 0.1) is 11.2 Å². The molecule has 0 spiro atoms. The molecular weight excluding hydrogens is 523 g/mol. The molecule has 6 rings (SSSR count). The zero-order chi connectivity index (χ0) is 28.6. The molecule has 3 aromatic heterocycles. The number of carbonyl (C=O) groups excluding carboxylic acids is 2. The van der Waals surface area contributed by atoms with Gasteiger partial charge in [-0.2, -0.15) is 5.10 Å². The van der Waals surface area contributed by atoms with Crippen LogP contribution in [-0.4, -0.2) is 38.4 Å². The minimum absolute atomic E-state index is 0.0838. The summed E-state index contributed by atoms with van der Waals surface area (Å²) in [5.41, 5.74) is 3.20. The van der Waals surface area contributed by atoms with Crippen LogP contribution in [0.1, 0.15) is 24.0 Å². The molecule has 0 unspecified atom stereocenters. The molecule has 0 radical (unpaired) electrons. The quantitative estimate of drug-likeness (QED) is 0.207. The lowest BCUT2D eigenvalue weighted by atomic mass is 9.88. The van der Waals surface area contributed by atoms with Crippen molar-refractivity contribution in [1.29, 1.82) is 0 Å². The number of Topliss-reactive ketones (excluding diaryl/α,β-unsaturated/α-hetero) is 2. The van der Waals surface area contributed by atoms with Crippen molar-refractivity contribution in [3.05, 3.63) is 96.2 Å². The minimum atomic E-state index is -0.932. The van der Waals surface area contributed by atoms with Gasteiger partial charge in [-0.1, -0.05) is 24.3 Å². The Balaban J connectivity index is 1.17. The lowest BCUT2D eigenvalue weighted by Gasteiger charge is -2.14. The van der Waals surface area contributed by atoms with E-state index in [1.54, 1.807) is 54.5 Å². The SMILES string of the molecule is COc1cc2nccc(Oc3ccc(CC(=O)C4(C(=O)Cc5ccc(F)cc5)CC4)cc3)c2nc1-c1cnn(C)c1. The van der Waals surface area contributed by atoms with Crippen LogP contribution in [0.3, 0.4) is 0 Å². The molecule has 1 saturated carbocycles. The van der Waals surface area contributed by atoms with Crippen molar-refractivity contribution in [2.24, 2.45) is 12.5 Å². The van der Waals surface area contributed by atoms with Crippen molar-refractivity contribution < 1.29 is 23.5 Å². The van der Waals surface area contributed by atoms with E-state index in [0.29, 0.717) is 52.4 Å². The highest BCUT2D eigenvalue weighted by molar-refractivity contribution is 6.10. The number of hydrogen-bond acceptors (Lipinski definition) is 7. The summed E-state index contributed by atoms with van der Waals surface area (Å²) >= 11 is 0. The Morgan fingerprint density at radius 2 is 1.61 bits per heavy atom. The summed E-state index contributed by atoms with van der Waals surface area (Å²) in [5, 5.41) is 4.24. The largest absolute Gasteiger partial charge is 0.494 e. The average molecular weight is 551 g/mol. The van der Waals surface area contributed by atoms with E-state index in [4.69, 9.17) is 14.5 Å². The second-order valence-corrected chi connectivity index (χ2v) is 10.3. The number of pyridine rings is 2. The second kappa shape index (κ2) is 10.6. The number of ether oxygens (including phenoxy) is 2. The summed E-state index contributed by atoms with van der Waals surface area (Å²) in [6.45, 7) is 0. The molecule has 0 aliphatic heterocycles. The van der Waals surface area contributed by atoms with E-state index < -0.39 is 5.41 Å². The fourth-order valence-electron chi connectivity index (χ4n) is 4.97. The highest BCUT2D eigenvalue weighted by Crippen LogP contribution is 2.49. The van der Waals surface area contributed by atoms with Crippen molar-refractivity contribution in [3.8, 4) is 28.5 Å². The number of nitrogens with zero attached hydrogens (tertiary/aromatic N) is 4. The van der Waals surface area contributed by atoms with E-state index in [1.165, 1.54) is 12.1 Å². The number of fused-ring (bicyclic) bond motifs is 1. The van der Waals surface area contributed by atoms with Gasteiger partial charge in [-0.25, -0.2) is 9.37 Å². The average Bonchev–Trinajstić information content (AvgIpc) is 3.69. The van der Waals surface area contributed by atoms with E-state index in [2.05, 4.69) is 10.1 Å². The molecule has 1 fully saturated rings. The van der Waals surface area contributed by atoms with Crippen LogP contribution >= 0.6 is 0 Å². The van der Waals surface area contributed by atoms with E-state index in [-0.39, 0.29) is 30.2 Å². The maximum atomic E-state index is 13.2. The molecule has 1 aliphatic rings. The Morgan fingerprint density at radius 3 is 2.20 bits per heavy atom. The highest BCUT2D eigenvalue weighted by Gasteiger charge is 2.54. The van der Waals surface area contributed by atoms with Crippen molar-refractivity contribution >= 4 is 22.6 Å². The van der Waals surface area contributed by atoms with Gasteiger partial charge in [0.2, 0.25) is 0 Å². The number of methoxy groups -OCH3 is 1. The summed E-state index contributed by atoms with van der Waals surface area (Å²) < 4.78 is 26.6. The number of ketones is 2. The Hall–Kier alpha value is -4.92. The Kier molecular flexibility index (Phi) is 6.78. The molecule has 0 amide bonds. The summed E-state index contributed by atoms with van der Waals surface area (Å²) in [6, 6.07) is 16.6. The predicted octanol–water partition coefficient (Wildman–Crippen LogP) is 5.67. The van der Waals surface area contributed by atoms with E-state index in [9.17, 15) is 14.0 Å². The van der Waals surface area contributed by atoms with Gasteiger partial charge in [0.15, 0.2) is 17.3 Å². The van der Waals surface area contributed by atoms with Gasteiger partial charge in [0.1, 0.15) is 28.5 Å². The molecule has 1 aliphatic carbocycles. The van der Waals surface area contributed by atoms with Gasteiger partial charge in [-0.05, 0) is 48.2 Å². The highest BCUT2D eigenvalue weighted by atomic mass is 19.1. The van der Waals surface area contributed by atoms with Gasteiger partial charge in [-0.3, -0.25) is 19.3 Å². The topological polar surface area (TPSA) is 96.2 Å². The fourth-order valence-corrected chi connectivity index (χ4v) is 4.97. The van der Waals surface area contributed by atoms with Gasteiger partial charge in [0, 0.05) is 50.0 Å². The van der Waals surface area contributed by atoms with E-state index in [0.717, 1.165) is 11.1 Å². The third kappa shape index (κ3) is 5.30. The molecule has 0 bridgehead atoms. The first-order chi connectivity index (χ1) is 19.8. The molecule has 0 N–H and O–H groups in total. The Labute approximate surface area is 235 Å². The van der Waals surface area contributed by atoms with E-state index >= 15 is 0 Å². The zero-order valence-electron chi connectivity index (χ0n) is 22.6. The summed E-state index contributed by atoms with van der Waals surface area (Å²) in [7, 11) is 3.42. The van der Waals surface area contributed by atoms with Crippen LogP contribution in [0.25, 0.3) is 22.3 Å². The number of aryl methyl sites for hydroxylation is 1. The predicted molar refractivity (Wildman–Crippen MR) is 150 cm³/mol. The molecule has 9 heteroatoms. The molecule has 41 heavy (non-hydrogen) atoms. The third-order valence-electron chi connectivity index (χ3n) is 7.45. The van der Waals surface area contributed by atoms with Crippen LogP contribution in [0.5, 0.6) is 17.2 Å². The van der Waals surface area contributed by atoms with Gasteiger partial charge < -0.3 is 9.47 Å². The molecular formula is C32H27FN4O4. The summed E-state index contributed by atoms with van der Waals surface area (Å²) in [5.74, 6) is 1.13. The van der Waals surface area contributed by atoms with Crippen LogP contribution in [0.2, 0.25) is 0 Å². The lowest BCUT2D eigenvalue weighted by molar-refractivity contribution is -0.133. The molecule has 3 heterocycles. The Bertz CT molecular complexity index is 1760. The second-order valence-electron chi connectivity index (χ2n) is 10.3. The number of hydrogen-bond donors (Lipinski definition) is 0. The molecule has 8 nitrogen and oxygen atoms in total. The first-order valence-corrected chi connectivity index (χ1v) is 13.3.